The molecule has 0 radical (unpaired) electrons. The second-order valence-electron chi connectivity index (χ2n) is 9.09. The number of piperidine rings is 1. The quantitative estimate of drug-likeness (QED) is 0.490. The fourth-order valence-corrected chi connectivity index (χ4v) is 4.35. The summed E-state index contributed by atoms with van der Waals surface area (Å²) in [6, 6.07) is 9.06. The van der Waals surface area contributed by atoms with Gasteiger partial charge < -0.3 is 14.5 Å². The van der Waals surface area contributed by atoms with Crippen LogP contribution in [-0.2, 0) is 28.5 Å². The molecule has 0 N–H and O–H groups in total. The highest BCUT2D eigenvalue weighted by molar-refractivity contribution is 5.78. The Morgan fingerprint density at radius 1 is 1.03 bits per heavy atom. The molecule has 1 fully saturated rings. The molecular formula is C25H28F6N2O2. The number of hydrogen-bond acceptors (Lipinski definition) is 3. The third kappa shape index (κ3) is 6.98. The molecule has 2 aromatic carbocycles. The molecule has 1 heterocycles. The van der Waals surface area contributed by atoms with Gasteiger partial charge in [-0.3, -0.25) is 4.79 Å². The number of rotatable bonds is 6. The van der Waals surface area contributed by atoms with Crippen molar-refractivity contribution in [3.05, 3.63) is 70.3 Å². The molecule has 1 amide bonds. The van der Waals surface area contributed by atoms with Crippen molar-refractivity contribution in [3.8, 4) is 0 Å². The van der Waals surface area contributed by atoms with E-state index in [0.717, 1.165) is 11.1 Å². The molecule has 0 aromatic heterocycles. The number of nitrogens with zero attached hydrogens (tertiary/aromatic N) is 2. The van der Waals surface area contributed by atoms with Crippen molar-refractivity contribution in [2.75, 3.05) is 33.7 Å². The SMILES string of the molecule is Cc1ccccc1[C@@H]1CCN(C(=O)CN(C)C)C[C@@H]1OCc1cc(C(F)(F)F)cc(C(F)(F)F)c1. The number of likely N-dealkylation sites (N-methyl/N-ethyl adjacent to an activating group) is 1. The number of carbonyl (C=O) groups is 1. The van der Waals surface area contributed by atoms with Crippen LogP contribution in [0.25, 0.3) is 0 Å². The lowest BCUT2D eigenvalue weighted by Crippen LogP contribution is -2.49. The Balaban J connectivity index is 1.88. The third-order valence-electron chi connectivity index (χ3n) is 6.06. The van der Waals surface area contributed by atoms with Crippen LogP contribution in [0.4, 0.5) is 26.3 Å². The number of hydrogen-bond donors (Lipinski definition) is 0. The van der Waals surface area contributed by atoms with Gasteiger partial charge in [0.25, 0.3) is 0 Å². The van der Waals surface area contributed by atoms with Gasteiger partial charge in [-0.1, -0.05) is 24.3 Å². The Bertz CT molecular complexity index is 1000. The molecule has 0 unspecified atom stereocenters. The van der Waals surface area contributed by atoms with E-state index in [-0.39, 0.29) is 36.5 Å². The first-order chi connectivity index (χ1) is 16.3. The number of amides is 1. The number of ether oxygens (including phenoxy) is 1. The van der Waals surface area contributed by atoms with Crippen molar-refractivity contribution in [2.24, 2.45) is 0 Å². The van der Waals surface area contributed by atoms with Crippen molar-refractivity contribution < 1.29 is 35.9 Å². The van der Waals surface area contributed by atoms with Crippen molar-refractivity contribution in [1.29, 1.82) is 0 Å². The summed E-state index contributed by atoms with van der Waals surface area (Å²) in [5.74, 6) is -0.280. The number of likely N-dealkylation sites (tertiary alicyclic amines) is 1. The molecule has 0 aliphatic carbocycles. The minimum Gasteiger partial charge on any atom is -0.371 e. The number of aryl methyl sites for hydroxylation is 1. The van der Waals surface area contributed by atoms with Crippen molar-refractivity contribution >= 4 is 5.91 Å². The van der Waals surface area contributed by atoms with E-state index in [0.29, 0.717) is 25.1 Å². The van der Waals surface area contributed by atoms with Gasteiger partial charge in [0.2, 0.25) is 5.91 Å². The topological polar surface area (TPSA) is 32.8 Å². The lowest BCUT2D eigenvalue weighted by atomic mass is 9.84. The molecule has 1 aliphatic rings. The van der Waals surface area contributed by atoms with Crippen LogP contribution in [0.2, 0.25) is 0 Å². The second-order valence-corrected chi connectivity index (χ2v) is 9.09. The Morgan fingerprint density at radius 2 is 1.63 bits per heavy atom. The van der Waals surface area contributed by atoms with Gasteiger partial charge in [0.1, 0.15) is 0 Å². The predicted octanol–water partition coefficient (Wildman–Crippen LogP) is 5.50. The van der Waals surface area contributed by atoms with Crippen molar-refractivity contribution in [1.82, 2.24) is 9.80 Å². The van der Waals surface area contributed by atoms with Gasteiger partial charge in [-0.25, -0.2) is 0 Å². The van der Waals surface area contributed by atoms with E-state index in [1.165, 1.54) is 0 Å². The summed E-state index contributed by atoms with van der Waals surface area (Å²) in [4.78, 5) is 16.0. The molecule has 0 spiro atoms. The fourth-order valence-electron chi connectivity index (χ4n) is 4.35. The van der Waals surface area contributed by atoms with Crippen LogP contribution in [0.3, 0.4) is 0 Å². The van der Waals surface area contributed by atoms with Gasteiger partial charge in [0, 0.05) is 19.0 Å². The Labute approximate surface area is 200 Å². The molecule has 4 nitrogen and oxygen atoms in total. The monoisotopic (exact) mass is 502 g/mol. The molecule has 1 saturated heterocycles. The molecule has 10 heteroatoms. The lowest BCUT2D eigenvalue weighted by Gasteiger charge is -2.39. The number of halogens is 6. The Morgan fingerprint density at radius 3 is 2.17 bits per heavy atom. The molecule has 2 atom stereocenters. The summed E-state index contributed by atoms with van der Waals surface area (Å²) in [5.41, 5.74) is -1.01. The minimum atomic E-state index is -4.93. The molecule has 0 bridgehead atoms. The smallest absolute Gasteiger partial charge is 0.371 e. The number of benzene rings is 2. The van der Waals surface area contributed by atoms with Crippen LogP contribution in [0.1, 0.15) is 40.2 Å². The minimum absolute atomic E-state index is 0.0991. The summed E-state index contributed by atoms with van der Waals surface area (Å²) < 4.78 is 85.5. The number of carbonyl (C=O) groups excluding carboxylic acids is 1. The summed E-state index contributed by atoms with van der Waals surface area (Å²) in [5, 5.41) is 0. The predicted molar refractivity (Wildman–Crippen MR) is 119 cm³/mol. The molecule has 1 aliphatic heterocycles. The summed E-state index contributed by atoms with van der Waals surface area (Å²) in [6.07, 6.45) is -9.90. The highest BCUT2D eigenvalue weighted by atomic mass is 19.4. The van der Waals surface area contributed by atoms with Gasteiger partial charge in [-0.2, -0.15) is 26.3 Å². The standard InChI is InChI=1S/C25H28F6N2O2/c1-16-6-4-5-7-20(16)21-8-9-33(23(34)14-32(2)3)13-22(21)35-15-17-10-18(24(26,27)28)12-19(11-17)25(29,30)31/h4-7,10-12,21-22H,8-9,13-15H2,1-3H3/t21-,22-/m0/s1. The Hall–Kier alpha value is -2.59. The van der Waals surface area contributed by atoms with E-state index in [4.69, 9.17) is 4.74 Å². The zero-order valence-electron chi connectivity index (χ0n) is 19.7. The van der Waals surface area contributed by atoms with E-state index < -0.39 is 36.2 Å². The third-order valence-corrected chi connectivity index (χ3v) is 6.06. The Kier molecular flexibility index (Phi) is 8.16. The first-order valence-electron chi connectivity index (χ1n) is 11.1. The molecule has 35 heavy (non-hydrogen) atoms. The van der Waals surface area contributed by atoms with E-state index >= 15 is 0 Å². The summed E-state index contributed by atoms with van der Waals surface area (Å²) in [6.45, 7) is 2.34. The van der Waals surface area contributed by atoms with Crippen molar-refractivity contribution in [3.63, 3.8) is 0 Å². The molecule has 192 valence electrons. The van der Waals surface area contributed by atoms with Gasteiger partial charge in [0.05, 0.1) is 30.4 Å². The molecule has 3 rings (SSSR count). The van der Waals surface area contributed by atoms with Crippen LogP contribution in [0.5, 0.6) is 0 Å². The van der Waals surface area contributed by atoms with Gasteiger partial charge >= 0.3 is 12.4 Å². The van der Waals surface area contributed by atoms with Crippen LogP contribution in [0.15, 0.2) is 42.5 Å². The molecule has 0 saturated carbocycles. The number of alkyl halides is 6. The molecule has 2 aromatic rings. The van der Waals surface area contributed by atoms with E-state index in [9.17, 15) is 31.1 Å². The highest BCUT2D eigenvalue weighted by Gasteiger charge is 2.38. The average Bonchev–Trinajstić information content (AvgIpc) is 2.76. The molecular weight excluding hydrogens is 474 g/mol. The summed E-state index contributed by atoms with van der Waals surface area (Å²) >= 11 is 0. The zero-order valence-corrected chi connectivity index (χ0v) is 19.7. The first kappa shape index (κ1) is 27.0. The normalized spacial score (nSPS) is 19.3. The lowest BCUT2D eigenvalue weighted by molar-refractivity contribution is -0.143. The van der Waals surface area contributed by atoms with E-state index in [1.54, 1.807) is 23.9 Å². The average molecular weight is 502 g/mol. The fraction of sp³-hybridized carbons (Fsp3) is 0.480. The first-order valence-corrected chi connectivity index (χ1v) is 11.1. The zero-order chi connectivity index (χ0) is 26.0. The maximum atomic E-state index is 13.2. The highest BCUT2D eigenvalue weighted by Crippen LogP contribution is 2.37. The van der Waals surface area contributed by atoms with Crippen LogP contribution >= 0.6 is 0 Å². The van der Waals surface area contributed by atoms with Gasteiger partial charge in [0.15, 0.2) is 0 Å². The maximum absolute atomic E-state index is 13.2. The van der Waals surface area contributed by atoms with Gasteiger partial charge in [-0.15, -0.1) is 0 Å². The summed E-state index contributed by atoms with van der Waals surface area (Å²) in [7, 11) is 3.52. The van der Waals surface area contributed by atoms with Gasteiger partial charge in [-0.05, 0) is 62.3 Å². The van der Waals surface area contributed by atoms with Crippen LogP contribution in [0, 0.1) is 6.92 Å². The second kappa shape index (κ2) is 10.6. The maximum Gasteiger partial charge on any atom is 0.416 e. The van der Waals surface area contributed by atoms with E-state index in [2.05, 4.69) is 0 Å². The van der Waals surface area contributed by atoms with Crippen LogP contribution < -0.4 is 0 Å². The van der Waals surface area contributed by atoms with E-state index in [1.807, 2.05) is 31.2 Å². The largest absolute Gasteiger partial charge is 0.416 e. The van der Waals surface area contributed by atoms with Crippen molar-refractivity contribution in [2.45, 2.75) is 44.3 Å². The van der Waals surface area contributed by atoms with Crippen LogP contribution in [-0.4, -0.2) is 55.5 Å².